The van der Waals surface area contributed by atoms with E-state index < -0.39 is 0 Å². The molecule has 5 heteroatoms. The molecule has 0 bridgehead atoms. The lowest BCUT2D eigenvalue weighted by Gasteiger charge is -2.24. The molecule has 1 aromatic carbocycles. The van der Waals surface area contributed by atoms with Crippen LogP contribution in [-0.2, 0) is 0 Å². The molecule has 3 rings (SSSR count). The molecule has 0 amide bonds. The van der Waals surface area contributed by atoms with Gasteiger partial charge in [-0.15, -0.1) is 0 Å². The minimum absolute atomic E-state index is 0.138. The van der Waals surface area contributed by atoms with Crippen LogP contribution in [0.5, 0.6) is 0 Å². The van der Waals surface area contributed by atoms with Crippen molar-refractivity contribution in [2.45, 2.75) is 18.9 Å². The molecule has 18 heavy (non-hydrogen) atoms. The highest BCUT2D eigenvalue weighted by atomic mass is 16.1. The number of rotatable bonds is 2. The summed E-state index contributed by atoms with van der Waals surface area (Å²) >= 11 is 0. The first-order valence-electron chi connectivity index (χ1n) is 6.29. The highest BCUT2D eigenvalue weighted by molar-refractivity contribution is 5.90. The third-order valence-electron chi connectivity index (χ3n) is 3.38. The standard InChI is InChI=1S/C13H16N4O/c18-13-11-4-2-1-3-10(11)12(16-17-13)15-9-5-7-14-8-6-9/h1-4,9,14H,5-8H2,(H,15,16)(H,17,18). The maximum Gasteiger partial charge on any atom is 0.272 e. The van der Waals surface area contributed by atoms with Crippen LogP contribution in [0.2, 0.25) is 0 Å². The molecule has 0 atom stereocenters. The molecular weight excluding hydrogens is 228 g/mol. The van der Waals surface area contributed by atoms with E-state index in [1.165, 1.54) is 0 Å². The maximum absolute atomic E-state index is 11.7. The molecule has 1 saturated heterocycles. The van der Waals surface area contributed by atoms with Gasteiger partial charge in [0.15, 0.2) is 5.82 Å². The lowest BCUT2D eigenvalue weighted by molar-refractivity contribution is 0.478. The van der Waals surface area contributed by atoms with Crippen LogP contribution in [0.4, 0.5) is 5.82 Å². The lowest BCUT2D eigenvalue weighted by atomic mass is 10.1. The summed E-state index contributed by atoms with van der Waals surface area (Å²) in [5.41, 5.74) is -0.138. The molecule has 1 aliphatic heterocycles. The van der Waals surface area contributed by atoms with Crippen molar-refractivity contribution in [3.05, 3.63) is 34.6 Å². The molecule has 0 unspecified atom stereocenters. The number of hydrogen-bond donors (Lipinski definition) is 3. The monoisotopic (exact) mass is 244 g/mol. The zero-order chi connectivity index (χ0) is 12.4. The third-order valence-corrected chi connectivity index (χ3v) is 3.38. The molecule has 1 aliphatic rings. The van der Waals surface area contributed by atoms with Crippen LogP contribution in [0.15, 0.2) is 29.1 Å². The zero-order valence-corrected chi connectivity index (χ0v) is 10.1. The molecule has 5 nitrogen and oxygen atoms in total. The SMILES string of the molecule is O=c1[nH]nc(NC2CCNCC2)c2ccccc12. The number of aromatic nitrogens is 2. The molecular formula is C13H16N4O. The second-order valence-corrected chi connectivity index (χ2v) is 4.62. The number of nitrogens with zero attached hydrogens (tertiary/aromatic N) is 1. The number of anilines is 1. The van der Waals surface area contributed by atoms with Crippen LogP contribution in [0.3, 0.4) is 0 Å². The molecule has 1 aromatic heterocycles. The van der Waals surface area contributed by atoms with Crippen LogP contribution in [-0.4, -0.2) is 29.3 Å². The van der Waals surface area contributed by atoms with Gasteiger partial charge in [0.05, 0.1) is 5.39 Å². The van der Waals surface area contributed by atoms with E-state index in [0.29, 0.717) is 11.4 Å². The Kier molecular flexibility index (Phi) is 2.98. The van der Waals surface area contributed by atoms with Gasteiger partial charge in [-0.3, -0.25) is 4.79 Å². The highest BCUT2D eigenvalue weighted by Crippen LogP contribution is 2.19. The normalized spacial score (nSPS) is 16.9. The van der Waals surface area contributed by atoms with Crippen molar-refractivity contribution in [1.29, 1.82) is 0 Å². The van der Waals surface area contributed by atoms with Gasteiger partial charge >= 0.3 is 0 Å². The average Bonchev–Trinajstić information content (AvgIpc) is 2.44. The molecule has 2 aromatic rings. The smallest absolute Gasteiger partial charge is 0.272 e. The van der Waals surface area contributed by atoms with E-state index in [-0.39, 0.29) is 5.56 Å². The van der Waals surface area contributed by atoms with Crippen molar-refractivity contribution < 1.29 is 0 Å². The van der Waals surface area contributed by atoms with Crippen LogP contribution < -0.4 is 16.2 Å². The maximum atomic E-state index is 11.7. The number of benzene rings is 1. The van der Waals surface area contributed by atoms with Crippen molar-refractivity contribution in [3.63, 3.8) is 0 Å². The van der Waals surface area contributed by atoms with Gasteiger partial charge in [0.1, 0.15) is 0 Å². The zero-order valence-electron chi connectivity index (χ0n) is 10.1. The Hall–Kier alpha value is -1.88. The largest absolute Gasteiger partial charge is 0.365 e. The first kappa shape index (κ1) is 11.2. The second kappa shape index (κ2) is 4.78. The van der Waals surface area contributed by atoms with Crippen LogP contribution in [0.25, 0.3) is 10.8 Å². The lowest BCUT2D eigenvalue weighted by Crippen LogP contribution is -2.35. The summed E-state index contributed by atoms with van der Waals surface area (Å²) in [6, 6.07) is 7.97. The fraction of sp³-hybridized carbons (Fsp3) is 0.385. The molecule has 1 fully saturated rings. The van der Waals surface area contributed by atoms with Gasteiger partial charge in [-0.2, -0.15) is 5.10 Å². The summed E-state index contributed by atoms with van der Waals surface area (Å²) < 4.78 is 0. The van der Waals surface area contributed by atoms with Gasteiger partial charge in [-0.1, -0.05) is 18.2 Å². The van der Waals surface area contributed by atoms with E-state index in [1.807, 2.05) is 24.3 Å². The summed E-state index contributed by atoms with van der Waals surface area (Å²) in [6.45, 7) is 2.05. The number of nitrogens with one attached hydrogen (secondary N) is 3. The van der Waals surface area contributed by atoms with Gasteiger partial charge in [-0.05, 0) is 32.0 Å². The number of piperidine rings is 1. The van der Waals surface area contributed by atoms with Crippen molar-refractivity contribution in [3.8, 4) is 0 Å². The summed E-state index contributed by atoms with van der Waals surface area (Å²) in [7, 11) is 0. The van der Waals surface area contributed by atoms with Crippen LogP contribution in [0, 0.1) is 0 Å². The van der Waals surface area contributed by atoms with Crippen LogP contribution in [0.1, 0.15) is 12.8 Å². The molecule has 94 valence electrons. The molecule has 0 radical (unpaired) electrons. The molecule has 0 saturated carbocycles. The Morgan fingerprint density at radius 1 is 1.17 bits per heavy atom. The predicted molar refractivity (Wildman–Crippen MR) is 71.9 cm³/mol. The Morgan fingerprint density at radius 3 is 2.67 bits per heavy atom. The minimum atomic E-state index is -0.138. The quantitative estimate of drug-likeness (QED) is 0.739. The van der Waals surface area contributed by atoms with E-state index >= 15 is 0 Å². The van der Waals surface area contributed by atoms with Crippen LogP contribution >= 0.6 is 0 Å². The number of H-pyrrole nitrogens is 1. The van der Waals surface area contributed by atoms with E-state index in [0.717, 1.165) is 37.1 Å². The topological polar surface area (TPSA) is 69.8 Å². The Labute approximate surface area is 105 Å². The summed E-state index contributed by atoms with van der Waals surface area (Å²) in [4.78, 5) is 11.7. The van der Waals surface area contributed by atoms with Gasteiger partial charge < -0.3 is 10.6 Å². The van der Waals surface area contributed by atoms with Crippen molar-refractivity contribution in [2.75, 3.05) is 18.4 Å². The molecule has 0 aliphatic carbocycles. The van der Waals surface area contributed by atoms with Crippen molar-refractivity contribution in [2.24, 2.45) is 0 Å². The third kappa shape index (κ3) is 2.09. The average molecular weight is 244 g/mol. The Balaban J connectivity index is 1.96. The first-order chi connectivity index (χ1) is 8.84. The second-order valence-electron chi connectivity index (χ2n) is 4.62. The minimum Gasteiger partial charge on any atom is -0.365 e. The predicted octanol–water partition coefficient (Wildman–Crippen LogP) is 1.09. The van der Waals surface area contributed by atoms with Gasteiger partial charge in [-0.25, -0.2) is 5.10 Å². The van der Waals surface area contributed by atoms with E-state index in [1.54, 1.807) is 0 Å². The fourth-order valence-corrected chi connectivity index (χ4v) is 2.38. The van der Waals surface area contributed by atoms with Gasteiger partial charge in [0, 0.05) is 11.4 Å². The fourth-order valence-electron chi connectivity index (χ4n) is 2.38. The Morgan fingerprint density at radius 2 is 1.89 bits per heavy atom. The summed E-state index contributed by atoms with van der Waals surface area (Å²) in [5, 5.41) is 15.0. The van der Waals surface area contributed by atoms with E-state index in [9.17, 15) is 4.79 Å². The number of hydrogen-bond acceptors (Lipinski definition) is 4. The van der Waals surface area contributed by atoms with Gasteiger partial charge in [0.2, 0.25) is 0 Å². The summed E-state index contributed by atoms with van der Waals surface area (Å²) in [6.07, 6.45) is 2.16. The van der Waals surface area contributed by atoms with E-state index in [2.05, 4.69) is 20.8 Å². The number of aromatic amines is 1. The molecule has 2 heterocycles. The highest BCUT2D eigenvalue weighted by Gasteiger charge is 2.14. The van der Waals surface area contributed by atoms with E-state index in [4.69, 9.17) is 0 Å². The van der Waals surface area contributed by atoms with Gasteiger partial charge in [0.25, 0.3) is 5.56 Å². The first-order valence-corrected chi connectivity index (χ1v) is 6.29. The summed E-state index contributed by atoms with van der Waals surface area (Å²) in [5.74, 6) is 0.775. The molecule has 3 N–H and O–H groups in total. The molecule has 0 spiro atoms. The van der Waals surface area contributed by atoms with Crippen molar-refractivity contribution in [1.82, 2.24) is 15.5 Å². The number of fused-ring (bicyclic) bond motifs is 1. The Bertz CT molecular complexity index is 601. The van der Waals surface area contributed by atoms with Crippen molar-refractivity contribution >= 4 is 16.6 Å².